The fourth-order valence-electron chi connectivity index (χ4n) is 1.66. The van der Waals surface area contributed by atoms with Gasteiger partial charge in [-0.15, -0.1) is 0 Å². The third-order valence-electron chi connectivity index (χ3n) is 2.69. The minimum atomic E-state index is 0.826. The zero-order chi connectivity index (χ0) is 12.1. The highest BCUT2D eigenvalue weighted by Crippen LogP contribution is 2.21. The first-order chi connectivity index (χ1) is 8.27. The van der Waals surface area contributed by atoms with Gasteiger partial charge in [-0.05, 0) is 25.0 Å². The molecule has 0 saturated heterocycles. The number of aryl methyl sites for hydroxylation is 2. The summed E-state index contributed by atoms with van der Waals surface area (Å²) in [4.78, 5) is 4.07. The molecular weight excluding hydrogens is 214 g/mol. The molecule has 0 unspecified atom stereocenters. The van der Waals surface area contributed by atoms with Gasteiger partial charge in [0.2, 0.25) is 0 Å². The molecule has 0 amide bonds. The number of aromatic nitrogens is 3. The molecule has 0 spiro atoms. The van der Waals surface area contributed by atoms with Gasteiger partial charge in [0.15, 0.2) is 0 Å². The lowest BCUT2D eigenvalue weighted by Crippen LogP contribution is -2.06. The molecule has 1 heterocycles. The van der Waals surface area contributed by atoms with Gasteiger partial charge in [0.25, 0.3) is 0 Å². The first kappa shape index (κ1) is 11.4. The summed E-state index contributed by atoms with van der Waals surface area (Å²) in [5.41, 5.74) is 8.90. The van der Waals surface area contributed by atoms with Gasteiger partial charge in [0, 0.05) is 13.0 Å². The van der Waals surface area contributed by atoms with Crippen molar-refractivity contribution >= 4 is 11.4 Å². The number of benzene rings is 1. The van der Waals surface area contributed by atoms with Crippen LogP contribution < -0.4 is 11.1 Å². The Labute approximate surface area is 100 Å². The van der Waals surface area contributed by atoms with E-state index in [1.807, 2.05) is 25.1 Å². The highest BCUT2D eigenvalue weighted by atomic mass is 15.2. The van der Waals surface area contributed by atoms with Crippen molar-refractivity contribution in [3.05, 3.63) is 35.9 Å². The Balaban J connectivity index is 1.80. The monoisotopic (exact) mass is 231 g/mol. The Morgan fingerprint density at radius 2 is 2.29 bits per heavy atom. The number of nitrogens with two attached hydrogens (primary N) is 1. The van der Waals surface area contributed by atoms with Crippen LogP contribution in [0.15, 0.2) is 24.5 Å². The number of aromatic amines is 1. The summed E-state index contributed by atoms with van der Waals surface area (Å²) in [6.07, 6.45) is 3.41. The second-order valence-electron chi connectivity index (χ2n) is 4.00. The number of anilines is 2. The van der Waals surface area contributed by atoms with Crippen molar-refractivity contribution in [3.63, 3.8) is 0 Å². The average Bonchev–Trinajstić information content (AvgIpc) is 2.83. The Bertz CT molecular complexity index is 464. The van der Waals surface area contributed by atoms with E-state index in [-0.39, 0.29) is 0 Å². The maximum absolute atomic E-state index is 5.97. The molecule has 0 radical (unpaired) electrons. The lowest BCUT2D eigenvalue weighted by Gasteiger charge is -2.10. The van der Waals surface area contributed by atoms with Crippen molar-refractivity contribution in [3.8, 4) is 0 Å². The number of nitrogens with one attached hydrogen (secondary N) is 2. The van der Waals surface area contributed by atoms with Gasteiger partial charge in [-0.2, -0.15) is 5.10 Å². The van der Waals surface area contributed by atoms with Crippen molar-refractivity contribution in [1.82, 2.24) is 15.2 Å². The maximum atomic E-state index is 5.97. The number of nitrogens with zero attached hydrogens (tertiary/aromatic N) is 2. The Morgan fingerprint density at radius 3 is 3.06 bits per heavy atom. The summed E-state index contributed by atoms with van der Waals surface area (Å²) in [5, 5.41) is 9.98. The zero-order valence-electron chi connectivity index (χ0n) is 9.90. The fraction of sp³-hybridized carbons (Fsp3) is 0.333. The molecule has 0 aliphatic heterocycles. The fourth-order valence-corrected chi connectivity index (χ4v) is 1.66. The molecule has 0 saturated carbocycles. The molecule has 0 aliphatic rings. The van der Waals surface area contributed by atoms with Crippen LogP contribution in [0, 0.1) is 6.92 Å². The van der Waals surface area contributed by atoms with Crippen LogP contribution >= 0.6 is 0 Å². The first-order valence-electron chi connectivity index (χ1n) is 5.70. The van der Waals surface area contributed by atoms with Crippen molar-refractivity contribution in [2.45, 2.75) is 19.8 Å². The predicted molar refractivity (Wildman–Crippen MR) is 68.8 cm³/mol. The minimum Gasteiger partial charge on any atom is -0.397 e. The Hall–Kier alpha value is -2.04. The Kier molecular flexibility index (Phi) is 3.59. The van der Waals surface area contributed by atoms with E-state index < -0.39 is 0 Å². The van der Waals surface area contributed by atoms with Gasteiger partial charge in [-0.1, -0.05) is 12.1 Å². The summed E-state index contributed by atoms with van der Waals surface area (Å²) in [5.74, 6) is 0.920. The topological polar surface area (TPSA) is 79.6 Å². The zero-order valence-corrected chi connectivity index (χ0v) is 9.90. The minimum absolute atomic E-state index is 0.826. The van der Waals surface area contributed by atoms with Crippen LogP contribution in [0.3, 0.4) is 0 Å². The van der Waals surface area contributed by atoms with Crippen LogP contribution in [0.4, 0.5) is 11.4 Å². The number of para-hydroxylation sites is 1. The second-order valence-corrected chi connectivity index (χ2v) is 4.00. The Morgan fingerprint density at radius 1 is 1.41 bits per heavy atom. The smallest absolute Gasteiger partial charge is 0.137 e. The largest absolute Gasteiger partial charge is 0.397 e. The van der Waals surface area contributed by atoms with Crippen LogP contribution in [-0.2, 0) is 6.42 Å². The highest BCUT2D eigenvalue weighted by molar-refractivity contribution is 5.69. The molecule has 90 valence electrons. The van der Waals surface area contributed by atoms with E-state index in [9.17, 15) is 0 Å². The SMILES string of the molecule is Cc1cccc(NCCCc2ncn[nH]2)c1N. The molecule has 0 aliphatic carbocycles. The lowest BCUT2D eigenvalue weighted by atomic mass is 10.1. The van der Waals surface area contributed by atoms with Crippen LogP contribution in [0.2, 0.25) is 0 Å². The molecule has 1 aromatic carbocycles. The number of nitrogen functional groups attached to an aromatic ring is 1. The van der Waals surface area contributed by atoms with E-state index in [0.717, 1.165) is 42.1 Å². The van der Waals surface area contributed by atoms with E-state index in [0.29, 0.717) is 0 Å². The van der Waals surface area contributed by atoms with Gasteiger partial charge in [-0.3, -0.25) is 5.10 Å². The molecule has 0 atom stereocenters. The number of hydrogen-bond donors (Lipinski definition) is 3. The van der Waals surface area contributed by atoms with E-state index in [2.05, 4.69) is 20.5 Å². The summed E-state index contributed by atoms with van der Waals surface area (Å²) >= 11 is 0. The quantitative estimate of drug-likeness (QED) is 0.541. The van der Waals surface area contributed by atoms with Gasteiger partial charge in [0.05, 0.1) is 11.4 Å². The van der Waals surface area contributed by atoms with E-state index in [1.54, 1.807) is 0 Å². The maximum Gasteiger partial charge on any atom is 0.137 e. The molecule has 4 N–H and O–H groups in total. The van der Waals surface area contributed by atoms with Gasteiger partial charge in [-0.25, -0.2) is 4.98 Å². The predicted octanol–water partition coefficient (Wildman–Crippen LogP) is 1.74. The van der Waals surface area contributed by atoms with E-state index in [1.165, 1.54) is 6.33 Å². The standard InChI is InChI=1S/C12H17N5/c1-9-4-2-5-10(12(9)13)14-7-3-6-11-15-8-16-17-11/h2,4-5,8,14H,3,6-7,13H2,1H3,(H,15,16,17). The molecule has 1 aromatic heterocycles. The van der Waals surface area contributed by atoms with E-state index >= 15 is 0 Å². The molecule has 5 heteroatoms. The molecule has 5 nitrogen and oxygen atoms in total. The van der Waals surface area contributed by atoms with Gasteiger partial charge in [0.1, 0.15) is 12.2 Å². The molecule has 2 rings (SSSR count). The third kappa shape index (κ3) is 2.96. The summed E-state index contributed by atoms with van der Waals surface area (Å²) in [7, 11) is 0. The molecule has 17 heavy (non-hydrogen) atoms. The van der Waals surface area contributed by atoms with Crippen LogP contribution in [0.25, 0.3) is 0 Å². The summed E-state index contributed by atoms with van der Waals surface area (Å²) in [6.45, 7) is 2.88. The number of hydrogen-bond acceptors (Lipinski definition) is 4. The lowest BCUT2D eigenvalue weighted by molar-refractivity contribution is 0.806. The number of rotatable bonds is 5. The van der Waals surface area contributed by atoms with Crippen molar-refractivity contribution in [2.75, 3.05) is 17.6 Å². The summed E-state index contributed by atoms with van der Waals surface area (Å²) < 4.78 is 0. The third-order valence-corrected chi connectivity index (χ3v) is 2.69. The molecular formula is C12H17N5. The van der Waals surface area contributed by atoms with Crippen LogP contribution in [0.5, 0.6) is 0 Å². The molecule has 2 aromatic rings. The van der Waals surface area contributed by atoms with Crippen molar-refractivity contribution < 1.29 is 0 Å². The summed E-state index contributed by atoms with van der Waals surface area (Å²) in [6, 6.07) is 6.01. The second kappa shape index (κ2) is 5.34. The van der Waals surface area contributed by atoms with Crippen LogP contribution in [0.1, 0.15) is 17.8 Å². The first-order valence-corrected chi connectivity index (χ1v) is 5.70. The van der Waals surface area contributed by atoms with E-state index in [4.69, 9.17) is 5.73 Å². The van der Waals surface area contributed by atoms with Crippen molar-refractivity contribution in [1.29, 1.82) is 0 Å². The van der Waals surface area contributed by atoms with Crippen molar-refractivity contribution in [2.24, 2.45) is 0 Å². The van der Waals surface area contributed by atoms with Gasteiger partial charge >= 0.3 is 0 Å². The molecule has 0 fully saturated rings. The average molecular weight is 231 g/mol. The van der Waals surface area contributed by atoms with Crippen LogP contribution in [-0.4, -0.2) is 21.7 Å². The normalized spacial score (nSPS) is 10.4. The highest BCUT2D eigenvalue weighted by Gasteiger charge is 2.00. The molecule has 0 bridgehead atoms. The number of H-pyrrole nitrogens is 1. The van der Waals surface area contributed by atoms with Gasteiger partial charge < -0.3 is 11.1 Å².